The van der Waals surface area contributed by atoms with Crippen molar-refractivity contribution in [2.24, 2.45) is 0 Å². The summed E-state index contributed by atoms with van der Waals surface area (Å²) in [6.07, 6.45) is -0.637. The summed E-state index contributed by atoms with van der Waals surface area (Å²) < 4.78 is 0. The van der Waals surface area contributed by atoms with Gasteiger partial charge >= 0.3 is 0 Å². The van der Waals surface area contributed by atoms with E-state index < -0.39 is 12.6 Å². The molecule has 1 heterocycles. The molecule has 0 aromatic carbocycles. The van der Waals surface area contributed by atoms with Crippen molar-refractivity contribution in [2.75, 3.05) is 6.54 Å². The van der Waals surface area contributed by atoms with E-state index in [2.05, 4.69) is 10.6 Å². The first-order valence-electron chi connectivity index (χ1n) is 2.64. The number of hydrogen-bond donors (Lipinski definition) is 4. The largest absolute Gasteiger partial charge is 0.378 e. The third kappa shape index (κ3) is 1.41. The molecule has 0 aromatic rings. The molecule has 0 saturated carbocycles. The summed E-state index contributed by atoms with van der Waals surface area (Å²) in [5, 5.41) is 22.6. The number of hydrogen-bond acceptors (Lipinski definition) is 4. The quantitative estimate of drug-likeness (QED) is 0.302. The Kier molecular flexibility index (Phi) is 1.80. The molecule has 0 radical (unpaired) electrons. The van der Waals surface area contributed by atoms with Gasteiger partial charge in [-0.15, -0.1) is 0 Å². The van der Waals surface area contributed by atoms with Crippen LogP contribution in [-0.2, 0) is 0 Å². The molecule has 0 bridgehead atoms. The Morgan fingerprint density at radius 1 is 1.38 bits per heavy atom. The van der Waals surface area contributed by atoms with Gasteiger partial charge in [-0.2, -0.15) is 0 Å². The van der Waals surface area contributed by atoms with E-state index in [1.807, 2.05) is 0 Å². The van der Waals surface area contributed by atoms with Crippen LogP contribution in [0.15, 0.2) is 0 Å². The predicted molar refractivity (Wildman–Crippen MR) is 27.8 cm³/mol. The number of rotatable bonds is 0. The van der Waals surface area contributed by atoms with Crippen LogP contribution in [0.1, 0.15) is 6.42 Å². The summed E-state index contributed by atoms with van der Waals surface area (Å²) in [7, 11) is 0. The molecule has 48 valence electrons. The molecule has 0 spiro atoms. The van der Waals surface area contributed by atoms with Crippen LogP contribution in [0.3, 0.4) is 0 Å². The Labute approximate surface area is 47.5 Å². The Balaban J connectivity index is 2.23. The molecule has 2 atom stereocenters. The van der Waals surface area contributed by atoms with Crippen LogP contribution in [-0.4, -0.2) is 29.3 Å². The van der Waals surface area contributed by atoms with Crippen LogP contribution in [0.4, 0.5) is 0 Å². The average molecular weight is 118 g/mol. The highest BCUT2D eigenvalue weighted by atomic mass is 16.3. The van der Waals surface area contributed by atoms with Gasteiger partial charge in [0.2, 0.25) is 0 Å². The van der Waals surface area contributed by atoms with E-state index in [0.29, 0.717) is 13.0 Å². The molecule has 0 aromatic heterocycles. The Bertz CT molecular complexity index is 70.4. The number of aliphatic hydroxyl groups excluding tert-OH is 2. The second-order valence-corrected chi connectivity index (χ2v) is 1.83. The van der Waals surface area contributed by atoms with Crippen LogP contribution in [0.5, 0.6) is 0 Å². The molecule has 0 amide bonds. The van der Waals surface area contributed by atoms with E-state index in [1.165, 1.54) is 0 Å². The van der Waals surface area contributed by atoms with Crippen LogP contribution < -0.4 is 10.6 Å². The van der Waals surface area contributed by atoms with Crippen molar-refractivity contribution in [3.63, 3.8) is 0 Å². The van der Waals surface area contributed by atoms with Gasteiger partial charge in [-0.1, -0.05) is 0 Å². The van der Waals surface area contributed by atoms with E-state index >= 15 is 0 Å². The van der Waals surface area contributed by atoms with Gasteiger partial charge < -0.3 is 10.2 Å². The molecule has 1 rings (SSSR count). The van der Waals surface area contributed by atoms with Gasteiger partial charge in [0, 0.05) is 6.54 Å². The van der Waals surface area contributed by atoms with E-state index in [-0.39, 0.29) is 0 Å². The summed E-state index contributed by atoms with van der Waals surface area (Å²) >= 11 is 0. The normalized spacial score (nSPS) is 39.8. The Morgan fingerprint density at radius 3 is 2.50 bits per heavy atom. The lowest BCUT2D eigenvalue weighted by Crippen LogP contribution is -2.53. The first kappa shape index (κ1) is 5.97. The van der Waals surface area contributed by atoms with E-state index in [9.17, 15) is 0 Å². The van der Waals surface area contributed by atoms with Gasteiger partial charge in [-0.3, -0.25) is 10.6 Å². The van der Waals surface area contributed by atoms with E-state index in [0.717, 1.165) is 0 Å². The van der Waals surface area contributed by atoms with Crippen molar-refractivity contribution in [2.45, 2.75) is 19.0 Å². The fraction of sp³-hybridized carbons (Fsp3) is 1.00. The minimum Gasteiger partial charge on any atom is -0.378 e. The monoisotopic (exact) mass is 118 g/mol. The van der Waals surface area contributed by atoms with E-state index in [4.69, 9.17) is 10.2 Å². The maximum absolute atomic E-state index is 8.77. The molecule has 4 N–H and O–H groups in total. The maximum Gasteiger partial charge on any atom is 0.162 e. The average Bonchev–Trinajstić information content (AvgIpc) is 1.64. The fourth-order valence-electron chi connectivity index (χ4n) is 0.681. The number of nitrogens with one attached hydrogen (secondary N) is 2. The zero-order valence-corrected chi connectivity index (χ0v) is 4.46. The summed E-state index contributed by atoms with van der Waals surface area (Å²) in [4.78, 5) is 0. The van der Waals surface area contributed by atoms with Crippen molar-refractivity contribution >= 4 is 0 Å². The molecule has 1 aliphatic heterocycles. The SMILES string of the molecule is O[C@@H]1NCC[C@H](O)N1. The fourth-order valence-corrected chi connectivity index (χ4v) is 0.681. The topological polar surface area (TPSA) is 64.5 Å². The summed E-state index contributed by atoms with van der Waals surface area (Å²) in [5.41, 5.74) is 0. The highest BCUT2D eigenvalue weighted by Gasteiger charge is 2.13. The third-order valence-electron chi connectivity index (χ3n) is 1.11. The van der Waals surface area contributed by atoms with Gasteiger partial charge in [0.25, 0.3) is 0 Å². The second kappa shape index (κ2) is 2.41. The maximum atomic E-state index is 8.77. The van der Waals surface area contributed by atoms with Crippen LogP contribution in [0, 0.1) is 0 Å². The zero-order valence-electron chi connectivity index (χ0n) is 4.46. The third-order valence-corrected chi connectivity index (χ3v) is 1.11. The second-order valence-electron chi connectivity index (χ2n) is 1.83. The standard InChI is InChI=1S/C4H10N2O2/c7-3-1-2-5-4(8)6-3/h3-8H,1-2H2/t3-,4+/m0/s1. The molecule has 0 unspecified atom stereocenters. The Hall–Kier alpha value is -0.160. The first-order valence-corrected chi connectivity index (χ1v) is 2.64. The summed E-state index contributed by atoms with van der Waals surface area (Å²) in [6, 6.07) is 0. The van der Waals surface area contributed by atoms with Crippen molar-refractivity contribution < 1.29 is 10.2 Å². The van der Waals surface area contributed by atoms with Crippen LogP contribution in [0.25, 0.3) is 0 Å². The van der Waals surface area contributed by atoms with Crippen molar-refractivity contribution in [1.29, 1.82) is 0 Å². The van der Waals surface area contributed by atoms with Crippen LogP contribution >= 0.6 is 0 Å². The lowest BCUT2D eigenvalue weighted by atomic mass is 10.3. The molecule has 4 nitrogen and oxygen atoms in total. The molecule has 0 aliphatic carbocycles. The van der Waals surface area contributed by atoms with Crippen molar-refractivity contribution in [3.05, 3.63) is 0 Å². The van der Waals surface area contributed by atoms with E-state index in [1.54, 1.807) is 0 Å². The van der Waals surface area contributed by atoms with Gasteiger partial charge in [-0.25, -0.2) is 0 Å². The summed E-state index contributed by atoms with van der Waals surface area (Å²) in [6.45, 7) is 0.662. The lowest BCUT2D eigenvalue weighted by Gasteiger charge is -2.24. The van der Waals surface area contributed by atoms with Gasteiger partial charge in [-0.05, 0) is 6.42 Å². The minimum absolute atomic E-state index is 0.550. The highest BCUT2D eigenvalue weighted by molar-refractivity contribution is 4.64. The smallest absolute Gasteiger partial charge is 0.162 e. The zero-order chi connectivity index (χ0) is 5.98. The Morgan fingerprint density at radius 2 is 2.12 bits per heavy atom. The minimum atomic E-state index is -0.737. The lowest BCUT2D eigenvalue weighted by molar-refractivity contribution is -0.00744. The van der Waals surface area contributed by atoms with Crippen molar-refractivity contribution in [1.82, 2.24) is 10.6 Å². The molecular formula is C4H10N2O2. The molecule has 4 heteroatoms. The first-order chi connectivity index (χ1) is 3.79. The molecule has 1 saturated heterocycles. The molecule has 1 aliphatic rings. The number of aliphatic hydroxyl groups is 2. The van der Waals surface area contributed by atoms with Gasteiger partial charge in [0.1, 0.15) is 6.23 Å². The highest BCUT2D eigenvalue weighted by Crippen LogP contribution is 1.91. The van der Waals surface area contributed by atoms with Crippen molar-refractivity contribution in [3.8, 4) is 0 Å². The molecule has 8 heavy (non-hydrogen) atoms. The van der Waals surface area contributed by atoms with Gasteiger partial charge in [0.15, 0.2) is 6.35 Å². The summed E-state index contributed by atoms with van der Waals surface area (Å²) in [5.74, 6) is 0. The van der Waals surface area contributed by atoms with Gasteiger partial charge in [0.05, 0.1) is 0 Å². The molecule has 1 fully saturated rings. The molecular weight excluding hydrogens is 108 g/mol. The van der Waals surface area contributed by atoms with Crippen LogP contribution in [0.2, 0.25) is 0 Å². The predicted octanol–water partition coefficient (Wildman–Crippen LogP) is -1.84.